The topological polar surface area (TPSA) is 75.8 Å². The van der Waals surface area contributed by atoms with E-state index in [1.807, 2.05) is 17.0 Å². The van der Waals surface area contributed by atoms with Crippen LogP contribution in [0, 0.1) is 0 Å². The minimum atomic E-state index is -0.694. The number of carbonyl (C=O) groups is 1. The van der Waals surface area contributed by atoms with E-state index in [0.29, 0.717) is 36.8 Å². The molecule has 1 aliphatic heterocycles. The Balaban J connectivity index is 1.97. The van der Waals surface area contributed by atoms with Gasteiger partial charge in [-0.3, -0.25) is 9.69 Å². The van der Waals surface area contributed by atoms with Crippen LogP contribution in [0.25, 0.3) is 0 Å². The number of rotatable bonds is 4. The van der Waals surface area contributed by atoms with Gasteiger partial charge in [-0.05, 0) is 6.07 Å². The number of nitrogens with two attached hydrogens (primary N) is 1. The Bertz CT molecular complexity index is 455. The van der Waals surface area contributed by atoms with Gasteiger partial charge in [0.15, 0.2) is 0 Å². The second-order valence-corrected chi connectivity index (χ2v) is 4.97. The molecule has 1 fully saturated rings. The number of morpholine rings is 1. The fourth-order valence-electron chi connectivity index (χ4n) is 2.13. The molecule has 0 saturated carbocycles. The Morgan fingerprint density at radius 3 is 3.00 bits per heavy atom. The van der Waals surface area contributed by atoms with Gasteiger partial charge < -0.3 is 15.6 Å². The van der Waals surface area contributed by atoms with Crippen LogP contribution in [-0.4, -0.2) is 48.3 Å². The number of carbonyl (C=O) groups excluding carboxylic acids is 1. The van der Waals surface area contributed by atoms with Crippen molar-refractivity contribution < 1.29 is 14.6 Å². The molecular formula is C13H17ClN2O3. The molecular weight excluding hydrogens is 268 g/mol. The van der Waals surface area contributed by atoms with Crippen molar-refractivity contribution in [3.05, 3.63) is 34.9 Å². The Labute approximate surface area is 116 Å². The predicted octanol–water partition coefficient (Wildman–Crippen LogP) is 0.560. The molecule has 2 rings (SSSR count). The van der Waals surface area contributed by atoms with E-state index in [4.69, 9.17) is 22.1 Å². The lowest BCUT2D eigenvalue weighted by atomic mass is 10.1. The highest BCUT2D eigenvalue weighted by Gasteiger charge is 2.26. The number of nitrogens with zero attached hydrogens (tertiary/aromatic N) is 1. The summed E-state index contributed by atoms with van der Waals surface area (Å²) in [4.78, 5) is 13.0. The normalized spacial score (nSPS) is 22.1. The van der Waals surface area contributed by atoms with Crippen molar-refractivity contribution in [1.29, 1.82) is 0 Å². The van der Waals surface area contributed by atoms with Crippen LogP contribution < -0.4 is 5.73 Å². The second-order valence-electron chi connectivity index (χ2n) is 4.56. The number of ether oxygens (including phenoxy) is 1. The first kappa shape index (κ1) is 14.3. The fraction of sp³-hybridized carbons (Fsp3) is 0.462. The van der Waals surface area contributed by atoms with E-state index in [9.17, 15) is 9.90 Å². The van der Waals surface area contributed by atoms with Crippen LogP contribution in [0.2, 0.25) is 5.02 Å². The highest BCUT2D eigenvalue weighted by Crippen LogP contribution is 2.23. The van der Waals surface area contributed by atoms with E-state index < -0.39 is 18.1 Å². The number of β-amino-alcohol motifs (C(OH)–C–C–N with tert-alkyl or cyclic N) is 1. The van der Waals surface area contributed by atoms with Gasteiger partial charge in [0.05, 0.1) is 12.7 Å². The molecule has 1 aromatic rings. The largest absolute Gasteiger partial charge is 0.387 e. The molecule has 2 unspecified atom stereocenters. The predicted molar refractivity (Wildman–Crippen MR) is 71.8 cm³/mol. The van der Waals surface area contributed by atoms with Gasteiger partial charge >= 0.3 is 0 Å². The zero-order valence-electron chi connectivity index (χ0n) is 10.5. The quantitative estimate of drug-likeness (QED) is 0.847. The average Bonchev–Trinajstić information content (AvgIpc) is 2.39. The first-order chi connectivity index (χ1) is 9.08. The van der Waals surface area contributed by atoms with Gasteiger partial charge in [0.1, 0.15) is 6.10 Å². The minimum Gasteiger partial charge on any atom is -0.387 e. The van der Waals surface area contributed by atoms with E-state index in [1.165, 1.54) is 0 Å². The minimum absolute atomic E-state index is 0.400. The van der Waals surface area contributed by atoms with E-state index in [2.05, 4.69) is 0 Å². The van der Waals surface area contributed by atoms with E-state index in [-0.39, 0.29) is 0 Å². The van der Waals surface area contributed by atoms with Gasteiger partial charge in [-0.1, -0.05) is 29.8 Å². The van der Waals surface area contributed by atoms with Crippen molar-refractivity contribution in [3.8, 4) is 0 Å². The number of halogens is 1. The lowest BCUT2D eigenvalue weighted by Gasteiger charge is -2.32. The molecule has 0 radical (unpaired) electrons. The van der Waals surface area contributed by atoms with Crippen molar-refractivity contribution in [3.63, 3.8) is 0 Å². The maximum absolute atomic E-state index is 11.1. The standard InChI is InChI=1S/C13H17ClN2O3/c14-10-4-2-1-3-9(10)11(17)7-16-5-6-19-12(8-16)13(15)18/h1-4,11-12,17H,5-8H2,(H2,15,18). The first-order valence-corrected chi connectivity index (χ1v) is 6.51. The van der Waals surface area contributed by atoms with Gasteiger partial charge in [-0.25, -0.2) is 0 Å². The Hall–Kier alpha value is -1.14. The molecule has 1 heterocycles. The summed E-state index contributed by atoms with van der Waals surface area (Å²) >= 11 is 6.04. The van der Waals surface area contributed by atoms with Crippen LogP contribution in [0.4, 0.5) is 0 Å². The van der Waals surface area contributed by atoms with Gasteiger partial charge in [0, 0.05) is 30.2 Å². The van der Waals surface area contributed by atoms with Crippen LogP contribution in [0.1, 0.15) is 11.7 Å². The number of benzene rings is 1. The zero-order valence-corrected chi connectivity index (χ0v) is 11.2. The summed E-state index contributed by atoms with van der Waals surface area (Å²) in [6, 6.07) is 7.18. The molecule has 0 aromatic heterocycles. The van der Waals surface area contributed by atoms with Gasteiger partial charge in [0.2, 0.25) is 5.91 Å². The highest BCUT2D eigenvalue weighted by atomic mass is 35.5. The zero-order chi connectivity index (χ0) is 13.8. The number of hydrogen-bond acceptors (Lipinski definition) is 4. The molecule has 6 heteroatoms. The summed E-state index contributed by atoms with van der Waals surface area (Å²) in [7, 11) is 0. The van der Waals surface area contributed by atoms with Crippen molar-refractivity contribution in [1.82, 2.24) is 4.90 Å². The van der Waals surface area contributed by atoms with E-state index in [1.54, 1.807) is 12.1 Å². The summed E-state index contributed by atoms with van der Waals surface area (Å²) in [6.45, 7) is 1.89. The molecule has 0 spiro atoms. The van der Waals surface area contributed by atoms with Crippen molar-refractivity contribution in [2.24, 2.45) is 5.73 Å². The molecule has 1 amide bonds. The summed E-state index contributed by atoms with van der Waals surface area (Å²) < 4.78 is 5.26. The summed E-state index contributed by atoms with van der Waals surface area (Å²) in [5, 5.41) is 10.7. The number of hydrogen-bond donors (Lipinski definition) is 2. The Morgan fingerprint density at radius 1 is 1.58 bits per heavy atom. The summed E-state index contributed by atoms with van der Waals surface area (Å²) in [6.07, 6.45) is -1.30. The monoisotopic (exact) mass is 284 g/mol. The summed E-state index contributed by atoms with van der Waals surface area (Å²) in [5.74, 6) is -0.475. The maximum Gasteiger partial charge on any atom is 0.247 e. The molecule has 1 aliphatic rings. The van der Waals surface area contributed by atoms with Crippen molar-refractivity contribution in [2.75, 3.05) is 26.2 Å². The maximum atomic E-state index is 11.1. The Morgan fingerprint density at radius 2 is 2.32 bits per heavy atom. The number of primary amides is 1. The molecule has 1 aromatic carbocycles. The van der Waals surface area contributed by atoms with Crippen molar-refractivity contribution in [2.45, 2.75) is 12.2 Å². The molecule has 2 atom stereocenters. The van der Waals surface area contributed by atoms with Gasteiger partial charge in [0.25, 0.3) is 0 Å². The molecule has 19 heavy (non-hydrogen) atoms. The molecule has 0 aliphatic carbocycles. The van der Waals surface area contributed by atoms with E-state index in [0.717, 1.165) is 0 Å². The fourth-order valence-corrected chi connectivity index (χ4v) is 2.39. The molecule has 5 nitrogen and oxygen atoms in total. The third-order valence-corrected chi connectivity index (χ3v) is 3.51. The molecule has 3 N–H and O–H groups in total. The lowest BCUT2D eigenvalue weighted by molar-refractivity contribution is -0.135. The molecule has 0 bridgehead atoms. The number of aliphatic hydroxyl groups excluding tert-OH is 1. The SMILES string of the molecule is NC(=O)C1CN(CC(O)c2ccccc2Cl)CCO1. The number of aliphatic hydroxyl groups is 1. The van der Waals surface area contributed by atoms with Crippen LogP contribution in [0.5, 0.6) is 0 Å². The summed E-state index contributed by atoms with van der Waals surface area (Å²) in [5.41, 5.74) is 5.91. The van der Waals surface area contributed by atoms with Crippen LogP contribution >= 0.6 is 11.6 Å². The van der Waals surface area contributed by atoms with Gasteiger partial charge in [-0.2, -0.15) is 0 Å². The molecule has 104 valence electrons. The smallest absolute Gasteiger partial charge is 0.247 e. The van der Waals surface area contributed by atoms with Crippen LogP contribution in [-0.2, 0) is 9.53 Å². The third-order valence-electron chi connectivity index (χ3n) is 3.16. The molecule has 1 saturated heterocycles. The van der Waals surface area contributed by atoms with Crippen LogP contribution in [0.15, 0.2) is 24.3 Å². The van der Waals surface area contributed by atoms with Gasteiger partial charge in [-0.15, -0.1) is 0 Å². The highest BCUT2D eigenvalue weighted by molar-refractivity contribution is 6.31. The lowest BCUT2D eigenvalue weighted by Crippen LogP contribution is -2.49. The van der Waals surface area contributed by atoms with E-state index >= 15 is 0 Å². The first-order valence-electron chi connectivity index (χ1n) is 6.13. The van der Waals surface area contributed by atoms with Crippen LogP contribution in [0.3, 0.4) is 0 Å². The van der Waals surface area contributed by atoms with Crippen molar-refractivity contribution >= 4 is 17.5 Å². The average molecular weight is 285 g/mol. The third kappa shape index (κ3) is 3.67. The number of amides is 1. The Kier molecular flexibility index (Phi) is 4.76. The second kappa shape index (κ2) is 6.34.